The first-order valence-electron chi connectivity index (χ1n) is 25.7. The van der Waals surface area contributed by atoms with Crippen LogP contribution in [0.3, 0.4) is 0 Å². The Bertz CT molecular complexity index is 3200. The number of aliphatic hydroxyl groups is 2. The SMILES string of the molecule is CCc1cccc(NC(=O)CC2N=C(c3ccccn3)c3ccccc3N(CC(=O)C(Br)CO)C2=O)c1.CCc1cccc(NC(=O)CC2N=C(c3ccccn3)c3ccccc3N(CC(=O)C(C)(CO)C3CC3)C2=O)c1. The highest BCUT2D eigenvalue weighted by molar-refractivity contribution is 9.10. The molecule has 1 saturated carbocycles. The molecule has 9 rings (SSSR count). The molecule has 4 unspecified atom stereocenters. The van der Waals surface area contributed by atoms with Crippen molar-refractivity contribution in [1.82, 2.24) is 9.97 Å². The number of alkyl halides is 1. The van der Waals surface area contributed by atoms with Crippen LogP contribution in [0, 0.1) is 11.3 Å². The lowest BCUT2D eigenvalue weighted by molar-refractivity contribution is -0.132. The van der Waals surface area contributed by atoms with Crippen molar-refractivity contribution >= 4 is 85.3 Å². The van der Waals surface area contributed by atoms with Crippen LogP contribution in [0.15, 0.2) is 156 Å². The van der Waals surface area contributed by atoms with E-state index < -0.39 is 40.7 Å². The van der Waals surface area contributed by atoms with E-state index in [2.05, 4.69) is 36.5 Å². The minimum Gasteiger partial charge on any atom is -0.395 e. The summed E-state index contributed by atoms with van der Waals surface area (Å²) in [5.41, 5.74) is 6.87. The van der Waals surface area contributed by atoms with Crippen molar-refractivity contribution in [2.75, 3.05) is 46.7 Å². The number of benzene rings is 4. The second-order valence-corrected chi connectivity index (χ2v) is 20.4. The average Bonchev–Trinajstić information content (AvgIpc) is 4.39. The van der Waals surface area contributed by atoms with Crippen LogP contribution in [-0.2, 0) is 41.6 Å². The zero-order valence-corrected chi connectivity index (χ0v) is 44.7. The van der Waals surface area contributed by atoms with Crippen LogP contribution in [0.4, 0.5) is 22.7 Å². The van der Waals surface area contributed by atoms with Crippen molar-refractivity contribution in [3.8, 4) is 0 Å². The highest BCUT2D eigenvalue weighted by Gasteiger charge is 2.48. The maximum atomic E-state index is 14.1. The number of rotatable bonds is 19. The summed E-state index contributed by atoms with van der Waals surface area (Å²) < 4.78 is 0. The van der Waals surface area contributed by atoms with E-state index in [0.29, 0.717) is 56.7 Å². The molecule has 16 nitrogen and oxygen atoms in total. The zero-order valence-electron chi connectivity index (χ0n) is 43.1. The van der Waals surface area contributed by atoms with E-state index >= 15 is 0 Å². The molecule has 1 fully saturated rings. The van der Waals surface area contributed by atoms with E-state index in [1.54, 1.807) is 67.8 Å². The Morgan fingerprint density at radius 1 is 0.636 bits per heavy atom. The van der Waals surface area contributed by atoms with Gasteiger partial charge in [0.1, 0.15) is 12.1 Å². The molecular formula is C60H61BrN8O8. The Morgan fingerprint density at radius 3 is 1.51 bits per heavy atom. The number of Topliss-reactive ketones (excluding diaryl/α,β-unsaturated/α-hetero) is 2. The fraction of sp³-hybridized carbons (Fsp3) is 0.300. The number of anilines is 4. The monoisotopic (exact) mass is 1100 g/mol. The summed E-state index contributed by atoms with van der Waals surface area (Å²) in [7, 11) is 0. The molecule has 4 amide bonds. The van der Waals surface area contributed by atoms with Crippen molar-refractivity contribution in [3.63, 3.8) is 0 Å². The van der Waals surface area contributed by atoms with E-state index in [4.69, 9.17) is 9.98 Å². The number of hydrogen-bond acceptors (Lipinski definition) is 12. The number of nitrogens with zero attached hydrogens (tertiary/aromatic N) is 6. The molecule has 2 aliphatic heterocycles. The van der Waals surface area contributed by atoms with Crippen LogP contribution in [-0.4, -0.2) is 110 Å². The molecule has 0 radical (unpaired) electrons. The smallest absolute Gasteiger partial charge is 0.252 e. The molecule has 4 heterocycles. The quantitative estimate of drug-likeness (QED) is 0.0577. The maximum Gasteiger partial charge on any atom is 0.252 e. The molecule has 0 bridgehead atoms. The molecule has 17 heteroatoms. The van der Waals surface area contributed by atoms with E-state index in [1.165, 1.54) is 9.80 Å². The lowest BCUT2D eigenvalue weighted by Crippen LogP contribution is -2.47. The number of halogens is 1. The molecule has 4 atom stereocenters. The molecule has 77 heavy (non-hydrogen) atoms. The molecule has 3 aliphatic rings. The summed E-state index contributed by atoms with van der Waals surface area (Å²) in [5, 5.41) is 25.3. The van der Waals surface area contributed by atoms with E-state index in [9.17, 15) is 39.0 Å². The Hall–Kier alpha value is -7.86. The fourth-order valence-corrected chi connectivity index (χ4v) is 9.49. The third kappa shape index (κ3) is 13.2. The number of aromatic nitrogens is 2. The molecule has 4 aromatic carbocycles. The van der Waals surface area contributed by atoms with Gasteiger partial charge in [-0.25, -0.2) is 0 Å². The van der Waals surface area contributed by atoms with Crippen LogP contribution in [0.2, 0.25) is 0 Å². The minimum absolute atomic E-state index is 0.100. The summed E-state index contributed by atoms with van der Waals surface area (Å²) in [6.45, 7) is 4.66. The van der Waals surface area contributed by atoms with Crippen LogP contribution in [0.5, 0.6) is 0 Å². The number of carbonyl (C=O) groups excluding carboxylic acids is 6. The lowest BCUT2D eigenvalue weighted by atomic mass is 9.81. The second kappa shape index (κ2) is 25.3. The van der Waals surface area contributed by atoms with E-state index in [-0.39, 0.29) is 61.8 Å². The molecule has 0 saturated heterocycles. The van der Waals surface area contributed by atoms with Gasteiger partial charge in [-0.1, -0.05) is 109 Å². The summed E-state index contributed by atoms with van der Waals surface area (Å²) in [6, 6.07) is 38.2. The number of aliphatic imine (C=N–C) groups is 2. The van der Waals surface area contributed by atoms with Crippen molar-refractivity contribution < 1.29 is 39.0 Å². The largest absolute Gasteiger partial charge is 0.395 e. The number of carbonyl (C=O) groups is 6. The zero-order chi connectivity index (χ0) is 54.6. The van der Waals surface area contributed by atoms with Crippen LogP contribution in [0.25, 0.3) is 0 Å². The van der Waals surface area contributed by atoms with Gasteiger partial charge in [-0.15, -0.1) is 0 Å². The number of aliphatic hydroxyl groups excluding tert-OH is 2. The molecular weight excluding hydrogens is 1040 g/mol. The summed E-state index contributed by atoms with van der Waals surface area (Å²) in [4.78, 5) is 101. The minimum atomic E-state index is -1.09. The average molecular weight is 1100 g/mol. The molecule has 396 valence electrons. The maximum absolute atomic E-state index is 14.1. The standard InChI is InChI=1S/C32H34N4O4.C28H27BrN4O4/c1-3-21-9-8-10-23(17-21)34-29(39)18-26-31(40)36(19-28(38)32(2,20-37)22-14-15-22)27-13-5-4-11-24(27)30(35-26)25-12-6-7-16-33-25;1-2-18-8-7-9-19(14-18)31-26(36)15-23-28(37)33(16-25(35)21(29)17-34)24-12-4-3-10-20(24)27(32-23)22-11-5-6-13-30-22/h4-13,16-17,22,26,37H,3,14-15,18-20H2,1-2H3,(H,34,39);3-14,21,23,34H,2,15-17H2,1H3,(H,31,36). The number of fused-ring (bicyclic) bond motifs is 2. The molecule has 0 spiro atoms. The normalized spacial score (nSPS) is 17.1. The van der Waals surface area contributed by atoms with E-state index in [0.717, 1.165) is 36.8 Å². The molecule has 1 aliphatic carbocycles. The molecule has 2 aromatic heterocycles. The third-order valence-corrected chi connectivity index (χ3v) is 14.8. The van der Waals surface area contributed by atoms with Gasteiger partial charge in [0.25, 0.3) is 11.8 Å². The molecule has 6 aromatic rings. The van der Waals surface area contributed by atoms with Gasteiger partial charge in [0.2, 0.25) is 11.8 Å². The Morgan fingerprint density at radius 2 is 1.09 bits per heavy atom. The predicted octanol–water partition coefficient (Wildman–Crippen LogP) is 7.75. The number of ketones is 2. The van der Waals surface area contributed by atoms with Gasteiger partial charge in [-0.05, 0) is 103 Å². The first-order valence-corrected chi connectivity index (χ1v) is 26.7. The summed E-state index contributed by atoms with van der Waals surface area (Å²) >= 11 is 3.16. The Balaban J connectivity index is 0.000000204. The van der Waals surface area contributed by atoms with Crippen molar-refractivity contribution in [2.45, 2.75) is 76.2 Å². The number of pyridine rings is 2. The van der Waals surface area contributed by atoms with Crippen molar-refractivity contribution in [3.05, 3.63) is 179 Å². The fourth-order valence-electron chi connectivity index (χ4n) is 9.34. The topological polar surface area (TPSA) is 224 Å². The van der Waals surface area contributed by atoms with E-state index in [1.807, 2.05) is 98.8 Å². The Labute approximate surface area is 455 Å². The molecule has 4 N–H and O–H groups in total. The number of aryl methyl sites for hydroxylation is 2. The highest BCUT2D eigenvalue weighted by atomic mass is 79.9. The van der Waals surface area contributed by atoms with Crippen molar-refractivity contribution in [2.24, 2.45) is 21.3 Å². The third-order valence-electron chi connectivity index (χ3n) is 14.0. The van der Waals surface area contributed by atoms with Gasteiger partial charge in [0, 0.05) is 34.9 Å². The van der Waals surface area contributed by atoms with Gasteiger partial charge < -0.3 is 30.6 Å². The van der Waals surface area contributed by atoms with Crippen LogP contribution >= 0.6 is 15.9 Å². The number of para-hydroxylation sites is 2. The summed E-state index contributed by atoms with van der Waals surface area (Å²) in [6.07, 6.45) is 6.27. The summed E-state index contributed by atoms with van der Waals surface area (Å²) in [5.74, 6) is -2.13. The van der Waals surface area contributed by atoms with Gasteiger partial charge in [0.05, 0.1) is 83.6 Å². The number of benzodiazepines with no additional fused rings is 2. The van der Waals surface area contributed by atoms with Crippen LogP contribution in [0.1, 0.15) is 80.1 Å². The van der Waals surface area contributed by atoms with Gasteiger partial charge in [-0.3, -0.25) is 48.7 Å². The number of nitrogens with one attached hydrogen (secondary N) is 2. The predicted molar refractivity (Wildman–Crippen MR) is 301 cm³/mol. The lowest BCUT2D eigenvalue weighted by Gasteiger charge is -2.31. The number of amides is 4. The van der Waals surface area contributed by atoms with Crippen LogP contribution < -0.4 is 20.4 Å². The van der Waals surface area contributed by atoms with Gasteiger partial charge in [-0.2, -0.15) is 0 Å². The number of hydrogen-bond donors (Lipinski definition) is 4. The highest BCUT2D eigenvalue weighted by Crippen LogP contribution is 2.46. The van der Waals surface area contributed by atoms with Gasteiger partial charge in [0.15, 0.2) is 11.6 Å². The van der Waals surface area contributed by atoms with Gasteiger partial charge >= 0.3 is 0 Å². The first kappa shape index (κ1) is 55.4. The Kier molecular flexibility index (Phi) is 18.2. The van der Waals surface area contributed by atoms with Crippen molar-refractivity contribution in [1.29, 1.82) is 0 Å². The second-order valence-electron chi connectivity index (χ2n) is 19.3. The first-order chi connectivity index (χ1) is 37.2.